The Morgan fingerprint density at radius 3 is 2.44 bits per heavy atom. The summed E-state index contributed by atoms with van der Waals surface area (Å²) in [6.07, 6.45) is 0.466. The molecule has 0 saturated carbocycles. The molecule has 172 valence electrons. The van der Waals surface area contributed by atoms with E-state index in [2.05, 4.69) is 10.6 Å². The van der Waals surface area contributed by atoms with E-state index in [9.17, 15) is 26.8 Å². The van der Waals surface area contributed by atoms with Crippen LogP contribution in [-0.2, 0) is 21.2 Å². The van der Waals surface area contributed by atoms with Gasteiger partial charge >= 0.3 is 6.03 Å². The summed E-state index contributed by atoms with van der Waals surface area (Å²) in [5.74, 6) is -1.59. The van der Waals surface area contributed by atoms with E-state index in [-0.39, 0.29) is 24.4 Å². The Bertz CT molecular complexity index is 1080. The van der Waals surface area contributed by atoms with Crippen LogP contribution in [0.4, 0.5) is 13.6 Å². The molecule has 2 aromatic carbocycles. The number of halogens is 2. The van der Waals surface area contributed by atoms with E-state index >= 15 is 0 Å². The minimum absolute atomic E-state index is 0.0377. The Morgan fingerprint density at radius 1 is 1.06 bits per heavy atom. The van der Waals surface area contributed by atoms with Crippen molar-refractivity contribution < 1.29 is 26.8 Å². The fraction of sp³-hybridized carbons (Fsp3) is 0.333. The summed E-state index contributed by atoms with van der Waals surface area (Å²) < 4.78 is 53.6. The maximum Gasteiger partial charge on any atom is 0.333 e. The van der Waals surface area contributed by atoms with Gasteiger partial charge in [-0.1, -0.05) is 18.2 Å². The molecule has 3 rings (SSSR count). The van der Waals surface area contributed by atoms with Crippen LogP contribution < -0.4 is 10.6 Å². The smallest absolute Gasteiger partial charge is 0.333 e. The average Bonchev–Trinajstić information content (AvgIpc) is 3.26. The fourth-order valence-electron chi connectivity index (χ4n) is 3.38. The SMILES string of the molecule is CCNC(=O)[C@H](Cc1ccc(F)cc1)NC(=O)N1CCCN1S(=O)(=O)c1cccc(F)c1. The van der Waals surface area contributed by atoms with Crippen molar-refractivity contribution in [1.82, 2.24) is 20.1 Å². The molecule has 11 heteroatoms. The van der Waals surface area contributed by atoms with E-state index in [4.69, 9.17) is 0 Å². The van der Waals surface area contributed by atoms with Gasteiger partial charge in [0.05, 0.1) is 4.90 Å². The molecule has 0 radical (unpaired) electrons. The Hall–Kier alpha value is -3.05. The van der Waals surface area contributed by atoms with Crippen molar-refractivity contribution in [2.75, 3.05) is 19.6 Å². The van der Waals surface area contributed by atoms with E-state index < -0.39 is 39.6 Å². The molecule has 1 atom stereocenters. The standard InChI is InChI=1S/C21H24F2N4O4S/c1-2-24-20(28)19(13-15-7-9-16(22)10-8-15)25-21(29)26-11-4-12-27(26)32(30,31)18-6-3-5-17(23)14-18/h3,5-10,14,19H,2,4,11-13H2,1H3,(H,24,28)(H,25,29)/t19-/m0/s1. The molecule has 1 heterocycles. The second-order valence-electron chi connectivity index (χ2n) is 7.21. The van der Waals surface area contributed by atoms with Crippen molar-refractivity contribution >= 4 is 22.0 Å². The summed E-state index contributed by atoms with van der Waals surface area (Å²) in [4.78, 5) is 25.2. The second-order valence-corrected chi connectivity index (χ2v) is 9.06. The molecule has 2 aromatic rings. The molecular weight excluding hydrogens is 442 g/mol. The summed E-state index contributed by atoms with van der Waals surface area (Å²) in [6.45, 7) is 2.20. The number of hydrazine groups is 1. The highest BCUT2D eigenvalue weighted by atomic mass is 32.2. The number of amides is 3. The lowest BCUT2D eigenvalue weighted by atomic mass is 10.1. The molecule has 0 unspecified atom stereocenters. The predicted octanol–water partition coefficient (Wildman–Crippen LogP) is 2.03. The Balaban J connectivity index is 1.79. The van der Waals surface area contributed by atoms with Crippen LogP contribution in [0, 0.1) is 11.6 Å². The Labute approximate surface area is 185 Å². The number of carbonyl (C=O) groups excluding carboxylic acids is 2. The predicted molar refractivity (Wildman–Crippen MR) is 113 cm³/mol. The van der Waals surface area contributed by atoms with Crippen LogP contribution in [-0.4, -0.2) is 55.5 Å². The van der Waals surface area contributed by atoms with Gasteiger partial charge in [-0.25, -0.2) is 27.0 Å². The van der Waals surface area contributed by atoms with E-state index in [1.807, 2.05) is 0 Å². The van der Waals surface area contributed by atoms with Crippen LogP contribution in [0.5, 0.6) is 0 Å². The average molecular weight is 467 g/mol. The fourth-order valence-corrected chi connectivity index (χ4v) is 4.92. The van der Waals surface area contributed by atoms with E-state index in [0.29, 0.717) is 18.5 Å². The van der Waals surface area contributed by atoms with Gasteiger partial charge in [-0.15, -0.1) is 4.41 Å². The molecular formula is C21H24F2N4O4S. The van der Waals surface area contributed by atoms with Gasteiger partial charge in [0.2, 0.25) is 5.91 Å². The van der Waals surface area contributed by atoms with E-state index in [1.165, 1.54) is 36.4 Å². The monoisotopic (exact) mass is 466 g/mol. The number of likely N-dealkylation sites (N-methyl/N-ethyl adjacent to an activating group) is 1. The maximum atomic E-state index is 13.6. The molecule has 0 spiro atoms. The summed E-state index contributed by atoms with van der Waals surface area (Å²) >= 11 is 0. The molecule has 2 N–H and O–H groups in total. The Morgan fingerprint density at radius 2 is 1.78 bits per heavy atom. The molecule has 1 aliphatic rings. The number of nitrogens with one attached hydrogen (secondary N) is 2. The topological polar surface area (TPSA) is 98.8 Å². The highest BCUT2D eigenvalue weighted by molar-refractivity contribution is 7.89. The van der Waals surface area contributed by atoms with Gasteiger partial charge < -0.3 is 10.6 Å². The number of carbonyl (C=O) groups is 2. The van der Waals surface area contributed by atoms with Gasteiger partial charge in [-0.05, 0) is 49.2 Å². The van der Waals surface area contributed by atoms with Gasteiger partial charge in [-0.2, -0.15) is 0 Å². The Kier molecular flexibility index (Phi) is 7.41. The molecule has 3 amide bonds. The van der Waals surface area contributed by atoms with Crippen molar-refractivity contribution in [2.45, 2.75) is 30.7 Å². The zero-order valence-corrected chi connectivity index (χ0v) is 18.2. The molecule has 8 nitrogen and oxygen atoms in total. The first-order valence-electron chi connectivity index (χ1n) is 10.1. The van der Waals surface area contributed by atoms with Crippen LogP contribution in [0.2, 0.25) is 0 Å². The number of sulfonamides is 1. The third-order valence-corrected chi connectivity index (χ3v) is 6.70. The zero-order valence-electron chi connectivity index (χ0n) is 17.4. The third kappa shape index (κ3) is 5.40. The van der Waals surface area contributed by atoms with Crippen LogP contribution in [0.1, 0.15) is 18.9 Å². The van der Waals surface area contributed by atoms with Crippen molar-refractivity contribution in [2.24, 2.45) is 0 Å². The van der Waals surface area contributed by atoms with Crippen molar-refractivity contribution in [3.05, 3.63) is 65.7 Å². The highest BCUT2D eigenvalue weighted by Gasteiger charge is 2.38. The first kappa shape index (κ1) is 23.6. The van der Waals surface area contributed by atoms with E-state index in [1.54, 1.807) is 6.92 Å². The lowest BCUT2D eigenvalue weighted by Gasteiger charge is -2.29. The van der Waals surface area contributed by atoms with Crippen molar-refractivity contribution in [3.8, 4) is 0 Å². The first-order valence-corrected chi connectivity index (χ1v) is 11.5. The van der Waals surface area contributed by atoms with Crippen LogP contribution in [0.25, 0.3) is 0 Å². The number of benzene rings is 2. The van der Waals surface area contributed by atoms with Crippen LogP contribution >= 0.6 is 0 Å². The second kappa shape index (κ2) is 10.0. The zero-order chi connectivity index (χ0) is 23.3. The van der Waals surface area contributed by atoms with Crippen molar-refractivity contribution in [3.63, 3.8) is 0 Å². The largest absolute Gasteiger partial charge is 0.355 e. The number of urea groups is 1. The van der Waals surface area contributed by atoms with Gasteiger partial charge in [0, 0.05) is 26.1 Å². The van der Waals surface area contributed by atoms with Gasteiger partial charge in [-0.3, -0.25) is 4.79 Å². The third-order valence-electron chi connectivity index (χ3n) is 4.91. The quantitative estimate of drug-likeness (QED) is 0.652. The number of nitrogens with zero attached hydrogens (tertiary/aromatic N) is 2. The van der Waals surface area contributed by atoms with Crippen LogP contribution in [0.3, 0.4) is 0 Å². The number of hydrogen-bond donors (Lipinski definition) is 2. The maximum absolute atomic E-state index is 13.6. The lowest BCUT2D eigenvalue weighted by molar-refractivity contribution is -0.122. The molecule has 0 aromatic heterocycles. The van der Waals surface area contributed by atoms with Gasteiger partial charge in [0.1, 0.15) is 17.7 Å². The molecule has 32 heavy (non-hydrogen) atoms. The molecule has 0 bridgehead atoms. The van der Waals surface area contributed by atoms with Gasteiger partial charge in [0.25, 0.3) is 10.0 Å². The first-order chi connectivity index (χ1) is 15.2. The van der Waals surface area contributed by atoms with Crippen LogP contribution in [0.15, 0.2) is 53.4 Å². The summed E-state index contributed by atoms with van der Waals surface area (Å²) in [6, 6.07) is 8.26. The molecule has 1 fully saturated rings. The molecule has 1 aliphatic heterocycles. The number of rotatable bonds is 7. The molecule has 1 saturated heterocycles. The number of hydrogen-bond acceptors (Lipinski definition) is 4. The highest BCUT2D eigenvalue weighted by Crippen LogP contribution is 2.23. The summed E-state index contributed by atoms with van der Waals surface area (Å²) in [7, 11) is -4.17. The minimum Gasteiger partial charge on any atom is -0.355 e. The van der Waals surface area contributed by atoms with Gasteiger partial charge in [0.15, 0.2) is 0 Å². The van der Waals surface area contributed by atoms with Crippen molar-refractivity contribution in [1.29, 1.82) is 0 Å². The minimum atomic E-state index is -4.17. The summed E-state index contributed by atoms with van der Waals surface area (Å²) in [5, 5.41) is 6.20. The molecule has 0 aliphatic carbocycles. The summed E-state index contributed by atoms with van der Waals surface area (Å²) in [5.41, 5.74) is 0.619. The normalized spacial score (nSPS) is 15.4. The van der Waals surface area contributed by atoms with E-state index in [0.717, 1.165) is 21.6 Å². The lowest BCUT2D eigenvalue weighted by Crippen LogP contribution is -2.55.